The Morgan fingerprint density at radius 3 is 2.82 bits per heavy atom. The van der Waals surface area contributed by atoms with Crippen LogP contribution in [-0.2, 0) is 0 Å². The minimum absolute atomic E-state index is 0.0304. The number of nitrogens with zero attached hydrogens (tertiary/aromatic N) is 1. The van der Waals surface area contributed by atoms with Gasteiger partial charge in [0.05, 0.1) is 6.20 Å². The minimum Gasteiger partial charge on any atom is -0.449 e. The minimum atomic E-state index is -0.839. The molecule has 4 nitrogen and oxygen atoms in total. The number of rotatable bonds is 2. The molecule has 0 aliphatic carbocycles. The van der Waals surface area contributed by atoms with E-state index in [9.17, 15) is 13.6 Å². The first-order valence-electron chi connectivity index (χ1n) is 4.75. The van der Waals surface area contributed by atoms with E-state index in [4.69, 9.17) is 4.74 Å². The smallest absolute Gasteiger partial charge is 0.267 e. The molecule has 0 bridgehead atoms. The number of aromatic nitrogens is 2. The molecule has 0 fully saturated rings. The van der Waals surface area contributed by atoms with Gasteiger partial charge in [-0.15, -0.1) is 0 Å². The van der Waals surface area contributed by atoms with Crippen molar-refractivity contribution in [3.8, 4) is 11.5 Å². The van der Waals surface area contributed by atoms with Crippen molar-refractivity contribution in [3.63, 3.8) is 0 Å². The zero-order valence-corrected chi connectivity index (χ0v) is 8.83. The molecule has 1 aromatic carbocycles. The van der Waals surface area contributed by atoms with Crippen molar-refractivity contribution < 1.29 is 13.5 Å². The van der Waals surface area contributed by atoms with E-state index in [1.807, 2.05) is 0 Å². The number of nitrogens with one attached hydrogen (secondary N) is 1. The lowest BCUT2D eigenvalue weighted by molar-refractivity contribution is 0.403. The molecule has 6 heteroatoms. The molecule has 0 unspecified atom stereocenters. The normalized spacial score (nSPS) is 10.3. The van der Waals surface area contributed by atoms with Crippen LogP contribution in [-0.4, -0.2) is 10.2 Å². The fourth-order valence-corrected chi connectivity index (χ4v) is 1.26. The van der Waals surface area contributed by atoms with Gasteiger partial charge in [-0.25, -0.2) is 13.9 Å². The second-order valence-corrected chi connectivity index (χ2v) is 3.39. The molecule has 17 heavy (non-hydrogen) atoms. The van der Waals surface area contributed by atoms with Crippen molar-refractivity contribution in [3.05, 3.63) is 51.9 Å². The summed E-state index contributed by atoms with van der Waals surface area (Å²) < 4.78 is 31.9. The largest absolute Gasteiger partial charge is 0.449 e. The molecular weight excluding hydrogens is 230 g/mol. The highest BCUT2D eigenvalue weighted by Gasteiger charge is 2.14. The molecule has 0 atom stereocenters. The zero-order chi connectivity index (χ0) is 12.4. The quantitative estimate of drug-likeness (QED) is 0.872. The molecule has 1 aromatic heterocycles. The zero-order valence-electron chi connectivity index (χ0n) is 8.83. The van der Waals surface area contributed by atoms with E-state index in [2.05, 4.69) is 10.2 Å². The first-order chi connectivity index (χ1) is 8.08. The predicted octanol–water partition coefficient (Wildman–Crippen LogP) is 2.15. The van der Waals surface area contributed by atoms with E-state index in [-0.39, 0.29) is 11.3 Å². The highest BCUT2D eigenvalue weighted by molar-refractivity contribution is 5.35. The number of hydrogen-bond acceptors (Lipinski definition) is 3. The van der Waals surface area contributed by atoms with Crippen LogP contribution >= 0.6 is 0 Å². The number of ether oxygens (including phenoxy) is 1. The van der Waals surface area contributed by atoms with Gasteiger partial charge < -0.3 is 4.74 Å². The summed E-state index contributed by atoms with van der Waals surface area (Å²) in [5.74, 6) is -2.21. The van der Waals surface area contributed by atoms with Gasteiger partial charge in [-0.05, 0) is 18.6 Å². The van der Waals surface area contributed by atoms with Crippen LogP contribution in [0.25, 0.3) is 0 Å². The number of halogens is 2. The second-order valence-electron chi connectivity index (χ2n) is 3.39. The summed E-state index contributed by atoms with van der Waals surface area (Å²) in [5.41, 5.74) is -0.268. The standard InChI is InChI=1S/C11H8F2N2O2/c1-6-2-3-8(12)11(10(6)13)17-7-4-9(16)15-14-5-7/h2-5H,1H3,(H,15,16). The summed E-state index contributed by atoms with van der Waals surface area (Å²) in [6.07, 6.45) is 1.16. The summed E-state index contributed by atoms with van der Waals surface area (Å²) in [4.78, 5) is 10.9. The molecular formula is C11H8F2N2O2. The molecule has 2 aromatic rings. The SMILES string of the molecule is Cc1ccc(F)c(Oc2cn[nH]c(=O)c2)c1F. The van der Waals surface area contributed by atoms with Gasteiger partial charge in [0.25, 0.3) is 5.56 Å². The summed E-state index contributed by atoms with van der Waals surface area (Å²) in [6.45, 7) is 1.48. The van der Waals surface area contributed by atoms with Crippen LogP contribution in [0.5, 0.6) is 11.5 Å². The van der Waals surface area contributed by atoms with Crippen molar-refractivity contribution in [1.82, 2.24) is 10.2 Å². The number of H-pyrrole nitrogens is 1. The highest BCUT2D eigenvalue weighted by Crippen LogP contribution is 2.28. The van der Waals surface area contributed by atoms with E-state index in [1.54, 1.807) is 0 Å². The Morgan fingerprint density at radius 1 is 1.35 bits per heavy atom. The summed E-state index contributed by atoms with van der Waals surface area (Å²) in [5, 5.41) is 5.58. The topological polar surface area (TPSA) is 55.0 Å². The van der Waals surface area contributed by atoms with Crippen LogP contribution in [0, 0.1) is 18.6 Å². The Bertz CT molecular complexity index is 611. The molecule has 0 aliphatic rings. The fraction of sp³-hybridized carbons (Fsp3) is 0.0909. The van der Waals surface area contributed by atoms with Crippen LogP contribution < -0.4 is 10.3 Å². The van der Waals surface area contributed by atoms with E-state index in [0.29, 0.717) is 0 Å². The molecule has 0 saturated carbocycles. The van der Waals surface area contributed by atoms with Crippen LogP contribution in [0.4, 0.5) is 8.78 Å². The average molecular weight is 238 g/mol. The molecule has 0 spiro atoms. The lowest BCUT2D eigenvalue weighted by atomic mass is 10.2. The Balaban J connectivity index is 2.43. The summed E-state index contributed by atoms with van der Waals surface area (Å²) >= 11 is 0. The van der Waals surface area contributed by atoms with Crippen molar-refractivity contribution in [2.45, 2.75) is 6.92 Å². The maximum Gasteiger partial charge on any atom is 0.267 e. The monoisotopic (exact) mass is 238 g/mol. The van der Waals surface area contributed by atoms with Gasteiger partial charge >= 0.3 is 0 Å². The third-order valence-corrected chi connectivity index (χ3v) is 2.10. The maximum atomic E-state index is 13.6. The number of benzene rings is 1. The molecule has 0 aliphatic heterocycles. The van der Waals surface area contributed by atoms with Crippen LogP contribution in [0.3, 0.4) is 0 Å². The number of aryl methyl sites for hydroxylation is 1. The summed E-state index contributed by atoms with van der Waals surface area (Å²) in [6, 6.07) is 3.44. The summed E-state index contributed by atoms with van der Waals surface area (Å²) in [7, 11) is 0. The van der Waals surface area contributed by atoms with Gasteiger partial charge in [-0.1, -0.05) is 6.07 Å². The number of hydrogen-bond donors (Lipinski definition) is 1. The van der Waals surface area contributed by atoms with Gasteiger partial charge in [0.15, 0.2) is 23.1 Å². The molecule has 0 radical (unpaired) electrons. The van der Waals surface area contributed by atoms with Gasteiger partial charge in [-0.3, -0.25) is 4.79 Å². The van der Waals surface area contributed by atoms with Crippen LogP contribution in [0.15, 0.2) is 29.2 Å². The Hall–Kier alpha value is -2.24. The predicted molar refractivity (Wildman–Crippen MR) is 56.0 cm³/mol. The highest BCUT2D eigenvalue weighted by atomic mass is 19.1. The van der Waals surface area contributed by atoms with E-state index in [1.165, 1.54) is 13.0 Å². The molecule has 0 amide bonds. The van der Waals surface area contributed by atoms with E-state index < -0.39 is 22.9 Å². The first kappa shape index (κ1) is 11.3. The van der Waals surface area contributed by atoms with Gasteiger partial charge in [0, 0.05) is 6.07 Å². The van der Waals surface area contributed by atoms with Gasteiger partial charge in [-0.2, -0.15) is 5.10 Å². The molecule has 1 N–H and O–H groups in total. The fourth-order valence-electron chi connectivity index (χ4n) is 1.26. The third kappa shape index (κ3) is 2.30. The van der Waals surface area contributed by atoms with E-state index >= 15 is 0 Å². The van der Waals surface area contributed by atoms with Crippen LogP contribution in [0.2, 0.25) is 0 Å². The Labute approximate surface area is 94.9 Å². The first-order valence-corrected chi connectivity index (χ1v) is 4.75. The molecule has 88 valence electrons. The second kappa shape index (κ2) is 4.32. The van der Waals surface area contributed by atoms with E-state index in [0.717, 1.165) is 18.3 Å². The van der Waals surface area contributed by atoms with Crippen molar-refractivity contribution >= 4 is 0 Å². The molecule has 1 heterocycles. The van der Waals surface area contributed by atoms with Crippen molar-refractivity contribution in [2.75, 3.05) is 0 Å². The maximum absolute atomic E-state index is 13.6. The van der Waals surface area contributed by atoms with Crippen molar-refractivity contribution in [1.29, 1.82) is 0 Å². The Kier molecular flexibility index (Phi) is 2.86. The Morgan fingerprint density at radius 2 is 2.12 bits per heavy atom. The third-order valence-electron chi connectivity index (χ3n) is 2.10. The van der Waals surface area contributed by atoms with Gasteiger partial charge in [0.1, 0.15) is 0 Å². The average Bonchev–Trinajstić information content (AvgIpc) is 2.30. The molecule has 2 rings (SSSR count). The lowest BCUT2D eigenvalue weighted by Gasteiger charge is -2.08. The van der Waals surface area contributed by atoms with Crippen molar-refractivity contribution in [2.24, 2.45) is 0 Å². The lowest BCUT2D eigenvalue weighted by Crippen LogP contribution is -2.06. The van der Waals surface area contributed by atoms with Crippen LogP contribution in [0.1, 0.15) is 5.56 Å². The number of aromatic amines is 1. The van der Waals surface area contributed by atoms with Gasteiger partial charge in [0.2, 0.25) is 0 Å². The molecule has 0 saturated heterocycles.